The molecule has 2 heterocycles. The van der Waals surface area contributed by atoms with Crippen LogP contribution in [0, 0.1) is 17.8 Å². The Kier molecular flexibility index (Phi) is 3.39. The zero-order valence-corrected chi connectivity index (χ0v) is 14.1. The van der Waals surface area contributed by atoms with Crippen LogP contribution in [0.5, 0.6) is 0 Å². The van der Waals surface area contributed by atoms with Crippen molar-refractivity contribution in [1.29, 1.82) is 0 Å². The van der Waals surface area contributed by atoms with Gasteiger partial charge >= 0.3 is 0 Å². The molecule has 1 aromatic heterocycles. The van der Waals surface area contributed by atoms with Crippen LogP contribution in [-0.4, -0.2) is 33.4 Å². The van der Waals surface area contributed by atoms with Gasteiger partial charge in [-0.05, 0) is 62.0 Å². The first-order valence-electron chi connectivity index (χ1n) is 9.56. The van der Waals surface area contributed by atoms with Crippen molar-refractivity contribution in [2.75, 3.05) is 6.54 Å². The monoisotopic (exact) mass is 323 g/mol. The summed E-state index contributed by atoms with van der Waals surface area (Å²) in [7, 11) is 0. The van der Waals surface area contributed by atoms with Crippen LogP contribution in [0.4, 0.5) is 0 Å². The number of nitrogens with zero attached hydrogens (tertiary/aromatic N) is 2. The number of carbonyl (C=O) groups excluding carboxylic acids is 1. The Hall–Kier alpha value is -1.84. The molecule has 2 saturated carbocycles. The van der Waals surface area contributed by atoms with Gasteiger partial charge in [0.25, 0.3) is 5.91 Å². The molecule has 0 radical (unpaired) electrons. The van der Waals surface area contributed by atoms with Crippen molar-refractivity contribution < 1.29 is 4.79 Å². The molecule has 2 unspecified atom stereocenters. The molecule has 126 valence electrons. The predicted octanol–water partition coefficient (Wildman–Crippen LogP) is 3.99. The van der Waals surface area contributed by atoms with E-state index in [4.69, 9.17) is 0 Å². The van der Waals surface area contributed by atoms with Crippen molar-refractivity contribution in [2.45, 2.75) is 51.0 Å². The quantitative estimate of drug-likeness (QED) is 0.908. The number of hydrogen-bond donors (Lipinski definition) is 1. The number of carbonyl (C=O) groups is 1. The Bertz CT molecular complexity index is 763. The molecule has 1 amide bonds. The Balaban J connectivity index is 1.47. The molecule has 2 aromatic rings. The highest BCUT2D eigenvalue weighted by molar-refractivity contribution is 6.04. The van der Waals surface area contributed by atoms with Crippen molar-refractivity contribution in [3.63, 3.8) is 0 Å². The Morgan fingerprint density at radius 3 is 2.83 bits per heavy atom. The van der Waals surface area contributed by atoms with Crippen molar-refractivity contribution in [3.05, 3.63) is 30.1 Å². The maximum atomic E-state index is 13.3. The number of likely N-dealkylation sites (tertiary alicyclic amines) is 1. The summed E-state index contributed by atoms with van der Waals surface area (Å²) in [6.07, 6.45) is 10.9. The lowest BCUT2D eigenvalue weighted by Gasteiger charge is -2.48. The van der Waals surface area contributed by atoms with Crippen LogP contribution < -0.4 is 0 Å². The summed E-state index contributed by atoms with van der Waals surface area (Å²) in [6.45, 7) is 0.933. The molecule has 1 aliphatic heterocycles. The highest BCUT2D eigenvalue weighted by atomic mass is 16.2. The number of hydrogen-bond acceptors (Lipinski definition) is 2. The molecule has 3 aliphatic rings. The minimum absolute atomic E-state index is 0.193. The van der Waals surface area contributed by atoms with Gasteiger partial charge in [0, 0.05) is 12.6 Å². The molecule has 1 aromatic carbocycles. The predicted molar refractivity (Wildman–Crippen MR) is 93.7 cm³/mol. The molecule has 3 atom stereocenters. The van der Waals surface area contributed by atoms with Gasteiger partial charge in [-0.25, -0.2) is 4.98 Å². The average molecular weight is 323 g/mol. The van der Waals surface area contributed by atoms with E-state index in [0.717, 1.165) is 40.9 Å². The van der Waals surface area contributed by atoms with E-state index in [1.54, 1.807) is 6.33 Å². The number of benzene rings is 1. The van der Waals surface area contributed by atoms with Crippen LogP contribution in [0.1, 0.15) is 55.3 Å². The van der Waals surface area contributed by atoms with Gasteiger partial charge in [0.05, 0.1) is 17.4 Å². The van der Waals surface area contributed by atoms with Gasteiger partial charge in [-0.3, -0.25) is 4.79 Å². The normalized spacial score (nSPS) is 30.3. The van der Waals surface area contributed by atoms with Gasteiger partial charge in [0.2, 0.25) is 0 Å². The lowest BCUT2D eigenvalue weighted by molar-refractivity contribution is 0.0126. The van der Waals surface area contributed by atoms with Crippen LogP contribution >= 0.6 is 0 Å². The third-order valence-electron chi connectivity index (χ3n) is 6.60. The number of aromatic amines is 1. The molecule has 4 heteroatoms. The molecule has 2 aliphatic carbocycles. The third kappa shape index (κ3) is 2.27. The van der Waals surface area contributed by atoms with E-state index in [9.17, 15) is 4.79 Å². The fraction of sp³-hybridized carbons (Fsp3) is 0.600. The standard InChI is InChI=1S/C20H25N3O/c24-20(16-5-3-6-17-19(16)22-12-21-17)23-11-10-14(13-8-9-13)15-4-1-2-7-18(15)23/h3,5-6,12-15,18H,1-2,4,7-11H2,(H,21,22)/t14?,15?,18-/m1/s1. The number of piperidine rings is 1. The van der Waals surface area contributed by atoms with Crippen LogP contribution in [0.2, 0.25) is 0 Å². The average Bonchev–Trinajstić information content (AvgIpc) is 3.36. The Morgan fingerprint density at radius 1 is 1.08 bits per heavy atom. The zero-order valence-electron chi connectivity index (χ0n) is 14.1. The SMILES string of the molecule is O=C(c1cccc2[nH]cnc12)N1CCC(C2CC2)C2CCCC[C@H]21. The Morgan fingerprint density at radius 2 is 1.96 bits per heavy atom. The molecule has 5 rings (SSSR count). The fourth-order valence-electron chi connectivity index (χ4n) is 5.35. The van der Waals surface area contributed by atoms with Crippen LogP contribution in [-0.2, 0) is 0 Å². The summed E-state index contributed by atoms with van der Waals surface area (Å²) in [5.41, 5.74) is 2.54. The lowest BCUT2D eigenvalue weighted by atomic mass is 9.70. The highest BCUT2D eigenvalue weighted by Crippen LogP contribution is 2.50. The van der Waals surface area contributed by atoms with Crippen molar-refractivity contribution >= 4 is 16.9 Å². The number of nitrogens with one attached hydrogen (secondary N) is 1. The molecule has 3 fully saturated rings. The largest absolute Gasteiger partial charge is 0.345 e. The first-order valence-corrected chi connectivity index (χ1v) is 9.56. The highest BCUT2D eigenvalue weighted by Gasteiger charge is 2.46. The fourth-order valence-corrected chi connectivity index (χ4v) is 5.35. The minimum Gasteiger partial charge on any atom is -0.345 e. The zero-order chi connectivity index (χ0) is 16.1. The minimum atomic E-state index is 0.193. The summed E-state index contributed by atoms with van der Waals surface area (Å²) < 4.78 is 0. The van der Waals surface area contributed by atoms with Crippen LogP contribution in [0.25, 0.3) is 11.0 Å². The number of rotatable bonds is 2. The van der Waals surface area contributed by atoms with Crippen molar-refractivity contribution in [2.24, 2.45) is 17.8 Å². The number of amides is 1. The van der Waals surface area contributed by atoms with E-state index in [1.165, 1.54) is 44.9 Å². The summed E-state index contributed by atoms with van der Waals surface area (Å²) in [6, 6.07) is 6.35. The third-order valence-corrected chi connectivity index (χ3v) is 6.60. The van der Waals surface area contributed by atoms with Crippen molar-refractivity contribution in [3.8, 4) is 0 Å². The van der Waals surface area contributed by atoms with Gasteiger partial charge in [0.15, 0.2) is 0 Å². The van der Waals surface area contributed by atoms with E-state index >= 15 is 0 Å². The molecule has 0 spiro atoms. The topological polar surface area (TPSA) is 49.0 Å². The second kappa shape index (κ2) is 5.61. The van der Waals surface area contributed by atoms with Gasteiger partial charge in [-0.2, -0.15) is 0 Å². The van der Waals surface area contributed by atoms with E-state index < -0.39 is 0 Å². The van der Waals surface area contributed by atoms with Crippen LogP contribution in [0.3, 0.4) is 0 Å². The first kappa shape index (κ1) is 14.5. The van der Waals surface area contributed by atoms with Crippen LogP contribution in [0.15, 0.2) is 24.5 Å². The van der Waals surface area contributed by atoms with E-state index in [1.807, 2.05) is 18.2 Å². The number of fused-ring (bicyclic) bond motifs is 2. The van der Waals surface area contributed by atoms with E-state index in [2.05, 4.69) is 14.9 Å². The van der Waals surface area contributed by atoms with Gasteiger partial charge in [0.1, 0.15) is 5.52 Å². The van der Waals surface area contributed by atoms with E-state index in [-0.39, 0.29) is 5.91 Å². The number of imidazole rings is 1. The smallest absolute Gasteiger partial charge is 0.256 e. The maximum absolute atomic E-state index is 13.3. The molecule has 0 bridgehead atoms. The molecule has 1 N–H and O–H groups in total. The second-order valence-electron chi connectivity index (χ2n) is 7.91. The first-order chi connectivity index (χ1) is 11.8. The lowest BCUT2D eigenvalue weighted by Crippen LogP contribution is -2.53. The number of H-pyrrole nitrogens is 1. The van der Waals surface area contributed by atoms with E-state index in [0.29, 0.717) is 6.04 Å². The number of para-hydroxylation sites is 1. The van der Waals surface area contributed by atoms with Crippen molar-refractivity contribution in [1.82, 2.24) is 14.9 Å². The molecular weight excluding hydrogens is 298 g/mol. The summed E-state index contributed by atoms with van der Waals surface area (Å²) >= 11 is 0. The summed E-state index contributed by atoms with van der Waals surface area (Å²) in [5, 5.41) is 0. The van der Waals surface area contributed by atoms with Gasteiger partial charge < -0.3 is 9.88 Å². The molecule has 1 saturated heterocycles. The summed E-state index contributed by atoms with van der Waals surface area (Å²) in [4.78, 5) is 23.0. The maximum Gasteiger partial charge on any atom is 0.256 e. The summed E-state index contributed by atoms with van der Waals surface area (Å²) in [5.74, 6) is 2.77. The second-order valence-corrected chi connectivity index (χ2v) is 7.91. The molecule has 4 nitrogen and oxygen atoms in total. The Labute approximate surface area is 142 Å². The van der Waals surface area contributed by atoms with Gasteiger partial charge in [-0.15, -0.1) is 0 Å². The molecule has 24 heavy (non-hydrogen) atoms. The van der Waals surface area contributed by atoms with Gasteiger partial charge in [-0.1, -0.05) is 18.9 Å². The number of aromatic nitrogens is 2. The molecular formula is C20H25N3O.